The second-order valence-electron chi connectivity index (χ2n) is 8.70. The minimum atomic E-state index is -0.667. The Labute approximate surface area is 194 Å². The largest absolute Gasteiger partial charge is 0.475 e. The van der Waals surface area contributed by atoms with Gasteiger partial charge in [-0.05, 0) is 47.1 Å². The van der Waals surface area contributed by atoms with Crippen molar-refractivity contribution < 1.29 is 28.5 Å². The first-order valence-electron chi connectivity index (χ1n) is 9.65. The topological polar surface area (TPSA) is 63.2 Å². The van der Waals surface area contributed by atoms with E-state index in [0.29, 0.717) is 29.4 Å². The number of thiol groups is 1. The Balaban J connectivity index is 1.70. The highest BCUT2D eigenvalue weighted by Gasteiger charge is 2.46. The van der Waals surface area contributed by atoms with E-state index >= 15 is 0 Å². The van der Waals surface area contributed by atoms with Crippen molar-refractivity contribution in [3.8, 4) is 11.5 Å². The maximum absolute atomic E-state index is 13.3. The molecule has 0 aliphatic carbocycles. The van der Waals surface area contributed by atoms with Crippen molar-refractivity contribution in [2.75, 3.05) is 13.2 Å². The zero-order chi connectivity index (χ0) is 21.9. The molecule has 4 rings (SSSR count). The van der Waals surface area contributed by atoms with Crippen molar-refractivity contribution in [3.63, 3.8) is 0 Å². The van der Waals surface area contributed by atoms with Crippen LogP contribution in [-0.2, 0) is 20.0 Å². The van der Waals surface area contributed by atoms with Crippen molar-refractivity contribution in [2.24, 2.45) is 0 Å². The van der Waals surface area contributed by atoms with Crippen molar-refractivity contribution in [2.45, 2.75) is 78.8 Å². The first kappa shape index (κ1) is 22.8. The lowest BCUT2D eigenvalue weighted by Gasteiger charge is -2.20. The molecule has 0 N–H and O–H groups in total. The molecule has 1 atom stereocenters. The zero-order valence-corrected chi connectivity index (χ0v) is 21.2. The molecule has 0 spiro atoms. The van der Waals surface area contributed by atoms with Crippen LogP contribution in [0.5, 0.6) is 11.5 Å². The van der Waals surface area contributed by atoms with Crippen LogP contribution in [0, 0.1) is 0 Å². The lowest BCUT2D eigenvalue weighted by atomic mass is 10.1. The Kier molecular flexibility index (Phi) is 5.99. The maximum atomic E-state index is 13.3. The molecule has 1 saturated heterocycles. The van der Waals surface area contributed by atoms with Crippen LogP contribution in [-0.4, -0.2) is 40.9 Å². The van der Waals surface area contributed by atoms with E-state index in [1.54, 1.807) is 23.5 Å². The minimum absolute atomic E-state index is 0.104. The Morgan fingerprint density at radius 3 is 2.13 bits per heavy atom. The number of thioether (sulfide) groups is 2. The molecule has 1 aromatic rings. The van der Waals surface area contributed by atoms with Crippen LogP contribution >= 0.6 is 46.0 Å². The SMILES string of the molecule is CC1(C)OCC(COC(=O)c2c3c(c(CSS)c4c2OC(C)(C)S4)SC(C)(C)O3)O1. The number of carbonyl (C=O) groups excluding carboxylic acids is 1. The van der Waals surface area contributed by atoms with Crippen molar-refractivity contribution in [1.82, 2.24) is 0 Å². The predicted octanol–water partition coefficient (Wildman–Crippen LogP) is 5.51. The number of ether oxygens (including phenoxy) is 5. The third-order valence-corrected chi connectivity index (χ3v) is 7.91. The van der Waals surface area contributed by atoms with Gasteiger partial charge in [0.15, 0.2) is 27.2 Å². The van der Waals surface area contributed by atoms with Crippen molar-refractivity contribution in [1.29, 1.82) is 0 Å². The molecule has 0 radical (unpaired) electrons. The summed E-state index contributed by atoms with van der Waals surface area (Å²) in [4.78, 5) is 14.2. The summed E-state index contributed by atoms with van der Waals surface area (Å²) in [6.45, 7) is 12.1. The summed E-state index contributed by atoms with van der Waals surface area (Å²) in [6, 6.07) is 0. The van der Waals surface area contributed by atoms with Crippen LogP contribution in [0.3, 0.4) is 0 Å². The van der Waals surface area contributed by atoms with Gasteiger partial charge in [0.1, 0.15) is 18.3 Å². The minimum Gasteiger partial charge on any atom is -0.475 e. The van der Waals surface area contributed by atoms with E-state index in [4.69, 9.17) is 23.7 Å². The molecule has 1 fully saturated rings. The lowest BCUT2D eigenvalue weighted by molar-refractivity contribution is -0.142. The highest BCUT2D eigenvalue weighted by atomic mass is 33.1. The standard InChI is InChI=1S/C20H26O6S4/c1-18(2)23-8-10(24-18)7-22-17(21)12-13-15(29-19(3,4)25-13)11(9-28-27)16-14(12)26-20(5,6)30-16/h10,27H,7-9H2,1-6H3. The van der Waals surface area contributed by atoms with E-state index in [2.05, 4.69) is 11.7 Å². The smallest absolute Gasteiger partial charge is 0.345 e. The van der Waals surface area contributed by atoms with Gasteiger partial charge in [-0.1, -0.05) is 34.3 Å². The van der Waals surface area contributed by atoms with Gasteiger partial charge in [0.25, 0.3) is 0 Å². The van der Waals surface area contributed by atoms with E-state index in [1.807, 2.05) is 41.5 Å². The Morgan fingerprint density at radius 1 is 1.10 bits per heavy atom. The molecule has 3 aliphatic heterocycles. The fraction of sp³-hybridized carbons (Fsp3) is 0.650. The number of esters is 1. The van der Waals surface area contributed by atoms with E-state index in [0.717, 1.165) is 15.4 Å². The van der Waals surface area contributed by atoms with Crippen molar-refractivity contribution in [3.05, 3.63) is 11.1 Å². The van der Waals surface area contributed by atoms with Crippen LogP contribution in [0.2, 0.25) is 0 Å². The maximum Gasteiger partial charge on any atom is 0.345 e. The van der Waals surface area contributed by atoms with Gasteiger partial charge < -0.3 is 23.7 Å². The summed E-state index contributed by atoms with van der Waals surface area (Å²) in [5.41, 5.74) is 1.44. The number of hydrogen-bond donors (Lipinski definition) is 1. The first-order valence-corrected chi connectivity index (χ1v) is 13.3. The Morgan fingerprint density at radius 2 is 1.67 bits per heavy atom. The third-order valence-electron chi connectivity index (χ3n) is 4.69. The fourth-order valence-corrected chi connectivity index (χ4v) is 6.96. The fourth-order valence-electron chi connectivity index (χ4n) is 3.61. The average Bonchev–Trinajstić information content (AvgIpc) is 3.23. The summed E-state index contributed by atoms with van der Waals surface area (Å²) in [5, 5.41) is 0. The number of benzene rings is 1. The predicted molar refractivity (Wildman–Crippen MR) is 123 cm³/mol. The molecule has 30 heavy (non-hydrogen) atoms. The van der Waals surface area contributed by atoms with E-state index in [-0.39, 0.29) is 12.7 Å². The molecule has 3 heterocycles. The van der Waals surface area contributed by atoms with Gasteiger partial charge in [-0.3, -0.25) is 0 Å². The zero-order valence-electron chi connectivity index (χ0n) is 17.8. The molecular formula is C20H26O6S4. The Hall–Kier alpha value is -0.390. The molecule has 10 heteroatoms. The highest BCUT2D eigenvalue weighted by molar-refractivity contribution is 8.68. The summed E-state index contributed by atoms with van der Waals surface area (Å²) in [7, 11) is 1.44. The number of hydrogen-bond acceptors (Lipinski definition) is 10. The lowest BCUT2D eigenvalue weighted by Crippen LogP contribution is -2.26. The number of carbonyl (C=O) groups is 1. The normalized spacial score (nSPS) is 24.7. The third kappa shape index (κ3) is 4.41. The van der Waals surface area contributed by atoms with Gasteiger partial charge in [0.2, 0.25) is 0 Å². The number of fused-ring (bicyclic) bond motifs is 2. The van der Waals surface area contributed by atoms with Crippen LogP contribution in [0.4, 0.5) is 0 Å². The van der Waals surface area contributed by atoms with Gasteiger partial charge in [-0.25, -0.2) is 4.79 Å². The summed E-state index contributed by atoms with van der Waals surface area (Å²) in [6.07, 6.45) is -0.302. The molecule has 166 valence electrons. The molecule has 0 saturated carbocycles. The monoisotopic (exact) mass is 490 g/mol. The van der Waals surface area contributed by atoms with Crippen LogP contribution < -0.4 is 9.47 Å². The van der Waals surface area contributed by atoms with Gasteiger partial charge in [-0.15, -0.1) is 11.7 Å². The quantitative estimate of drug-likeness (QED) is 0.327. The van der Waals surface area contributed by atoms with Crippen LogP contribution in [0.15, 0.2) is 9.79 Å². The highest BCUT2D eigenvalue weighted by Crippen LogP contribution is 2.61. The summed E-state index contributed by atoms with van der Waals surface area (Å²) in [5.74, 6) is 0.614. The Bertz CT molecular complexity index is 838. The molecule has 1 aromatic carbocycles. The van der Waals surface area contributed by atoms with Crippen LogP contribution in [0.25, 0.3) is 0 Å². The van der Waals surface area contributed by atoms with Crippen molar-refractivity contribution >= 4 is 51.9 Å². The first-order chi connectivity index (χ1) is 13.9. The summed E-state index contributed by atoms with van der Waals surface area (Å²) < 4.78 is 29.4. The molecule has 6 nitrogen and oxygen atoms in total. The molecule has 0 amide bonds. The molecule has 3 aliphatic rings. The van der Waals surface area contributed by atoms with E-state index < -0.39 is 21.6 Å². The molecular weight excluding hydrogens is 464 g/mol. The van der Waals surface area contributed by atoms with Gasteiger partial charge in [-0.2, -0.15) is 0 Å². The second kappa shape index (κ2) is 7.88. The van der Waals surface area contributed by atoms with E-state index in [1.165, 1.54) is 10.8 Å². The molecule has 0 bridgehead atoms. The van der Waals surface area contributed by atoms with Crippen LogP contribution in [0.1, 0.15) is 57.5 Å². The van der Waals surface area contributed by atoms with E-state index in [9.17, 15) is 4.79 Å². The number of rotatable bonds is 5. The average molecular weight is 491 g/mol. The molecule has 1 unspecified atom stereocenters. The summed E-state index contributed by atoms with van der Waals surface area (Å²) >= 11 is 7.58. The van der Waals surface area contributed by atoms with Gasteiger partial charge in [0.05, 0.1) is 16.4 Å². The second-order valence-corrected chi connectivity index (χ2v) is 13.2. The molecule has 0 aromatic heterocycles. The van der Waals surface area contributed by atoms with Gasteiger partial charge in [0, 0.05) is 5.75 Å². The van der Waals surface area contributed by atoms with Gasteiger partial charge >= 0.3 is 5.97 Å².